The molecule has 0 unspecified atom stereocenters. The number of amides is 1. The van der Waals surface area contributed by atoms with Crippen LogP contribution >= 0.6 is 12.6 Å². The number of carbonyl (C=O) groups is 2. The topological polar surface area (TPSA) is 66.4 Å². The lowest BCUT2D eigenvalue weighted by atomic mass is 10.3. The third-order valence-corrected chi connectivity index (χ3v) is 1.31. The van der Waals surface area contributed by atoms with Crippen LogP contribution in [-0.2, 0) is 9.59 Å². The molecule has 0 aliphatic heterocycles. The van der Waals surface area contributed by atoms with Crippen LogP contribution in [0.2, 0.25) is 0 Å². The van der Waals surface area contributed by atoms with Crippen molar-refractivity contribution in [3.05, 3.63) is 0 Å². The van der Waals surface area contributed by atoms with Crippen molar-refractivity contribution in [2.75, 3.05) is 5.75 Å². The Balaban J connectivity index is 0. The Morgan fingerprint density at radius 2 is 2.27 bits per heavy atom. The molecule has 0 aromatic heterocycles. The van der Waals surface area contributed by atoms with Crippen LogP contribution in [0.5, 0.6) is 0 Å². The van der Waals surface area contributed by atoms with Gasteiger partial charge in [-0.25, -0.2) is 0 Å². The Morgan fingerprint density at radius 3 is 2.64 bits per heavy atom. The van der Waals surface area contributed by atoms with Crippen LogP contribution in [0, 0.1) is 0 Å². The largest absolute Gasteiger partial charge is 0.480 e. The second kappa shape index (κ2) is 5.01. The molecule has 0 fully saturated rings. The number of thiol groups is 1. The predicted octanol–water partition coefficient (Wildman–Crippen LogP) is 0.142. The van der Waals surface area contributed by atoms with Gasteiger partial charge in [-0.2, -0.15) is 12.6 Å². The molecular formula is C6H13NO3S. The van der Waals surface area contributed by atoms with Crippen LogP contribution in [0.4, 0.5) is 0 Å². The van der Waals surface area contributed by atoms with E-state index in [2.05, 4.69) is 17.9 Å². The average Bonchev–Trinajstić information content (AvgIpc) is 1.87. The van der Waals surface area contributed by atoms with Crippen LogP contribution in [0.3, 0.4) is 0 Å². The molecule has 0 saturated heterocycles. The Morgan fingerprint density at radius 1 is 1.73 bits per heavy atom. The SMILES string of the molecule is C[C@H](NC(=O)CCS)C(=O)O.[HH]. The monoisotopic (exact) mass is 179 g/mol. The Bertz CT molecular complexity index is 165. The highest BCUT2D eigenvalue weighted by Crippen LogP contribution is 1.86. The lowest BCUT2D eigenvalue weighted by Crippen LogP contribution is -2.38. The van der Waals surface area contributed by atoms with Gasteiger partial charge >= 0.3 is 5.97 Å². The second-order valence-electron chi connectivity index (χ2n) is 2.10. The van der Waals surface area contributed by atoms with E-state index >= 15 is 0 Å². The molecule has 1 amide bonds. The molecule has 0 rings (SSSR count). The van der Waals surface area contributed by atoms with E-state index in [1.165, 1.54) is 6.92 Å². The summed E-state index contributed by atoms with van der Waals surface area (Å²) in [5.41, 5.74) is 0. The van der Waals surface area contributed by atoms with Gasteiger partial charge in [0.2, 0.25) is 5.91 Å². The van der Waals surface area contributed by atoms with Gasteiger partial charge in [-0.3, -0.25) is 9.59 Å². The Kier molecular flexibility index (Phi) is 4.69. The van der Waals surface area contributed by atoms with Crippen LogP contribution < -0.4 is 5.32 Å². The highest BCUT2D eigenvalue weighted by Gasteiger charge is 2.12. The molecule has 0 bridgehead atoms. The fourth-order valence-corrected chi connectivity index (χ4v) is 0.680. The molecule has 0 aliphatic carbocycles. The van der Waals surface area contributed by atoms with E-state index in [4.69, 9.17) is 5.11 Å². The maximum absolute atomic E-state index is 10.7. The van der Waals surface area contributed by atoms with E-state index in [9.17, 15) is 9.59 Å². The number of aliphatic carboxylic acids is 1. The van der Waals surface area contributed by atoms with E-state index in [1.54, 1.807) is 0 Å². The molecule has 2 N–H and O–H groups in total. The van der Waals surface area contributed by atoms with Crippen molar-refractivity contribution >= 4 is 24.5 Å². The van der Waals surface area contributed by atoms with Crippen molar-refractivity contribution < 1.29 is 16.1 Å². The minimum Gasteiger partial charge on any atom is -0.480 e. The van der Waals surface area contributed by atoms with Gasteiger partial charge in [0.15, 0.2) is 0 Å². The zero-order valence-electron chi connectivity index (χ0n) is 6.20. The van der Waals surface area contributed by atoms with E-state index < -0.39 is 12.0 Å². The van der Waals surface area contributed by atoms with Crippen molar-refractivity contribution in [1.29, 1.82) is 0 Å². The summed E-state index contributed by atoms with van der Waals surface area (Å²) in [4.78, 5) is 20.9. The van der Waals surface area contributed by atoms with Gasteiger partial charge in [-0.05, 0) is 12.7 Å². The normalized spacial score (nSPS) is 12.2. The first kappa shape index (κ1) is 10.3. The maximum atomic E-state index is 10.7. The van der Waals surface area contributed by atoms with Crippen molar-refractivity contribution in [1.82, 2.24) is 5.32 Å². The summed E-state index contributed by atoms with van der Waals surface area (Å²) < 4.78 is 0. The van der Waals surface area contributed by atoms with Crippen molar-refractivity contribution in [2.24, 2.45) is 0 Å². The summed E-state index contributed by atoms with van der Waals surface area (Å²) in [5.74, 6) is -0.884. The Labute approximate surface area is 71.9 Å². The smallest absolute Gasteiger partial charge is 0.325 e. The number of hydrogen-bond donors (Lipinski definition) is 3. The molecule has 66 valence electrons. The summed E-state index contributed by atoms with van der Waals surface area (Å²) >= 11 is 3.83. The van der Waals surface area contributed by atoms with Gasteiger partial charge in [0.1, 0.15) is 6.04 Å². The third kappa shape index (κ3) is 4.66. The summed E-state index contributed by atoms with van der Waals surface area (Å²) in [5, 5.41) is 10.7. The van der Waals surface area contributed by atoms with E-state index in [1.807, 2.05) is 0 Å². The summed E-state index contributed by atoms with van der Waals surface area (Å²) in [6.07, 6.45) is 0.251. The van der Waals surface area contributed by atoms with E-state index in [-0.39, 0.29) is 13.8 Å². The molecule has 0 aromatic carbocycles. The molecule has 0 radical (unpaired) electrons. The van der Waals surface area contributed by atoms with Gasteiger partial charge in [-0.1, -0.05) is 0 Å². The molecule has 11 heavy (non-hydrogen) atoms. The van der Waals surface area contributed by atoms with Crippen molar-refractivity contribution in [2.45, 2.75) is 19.4 Å². The van der Waals surface area contributed by atoms with Crippen LogP contribution in [-0.4, -0.2) is 28.8 Å². The van der Waals surface area contributed by atoms with E-state index in [0.29, 0.717) is 5.75 Å². The Hall–Kier alpha value is -0.710. The molecule has 1 atom stereocenters. The molecule has 5 heteroatoms. The van der Waals surface area contributed by atoms with Crippen molar-refractivity contribution in [3.63, 3.8) is 0 Å². The molecule has 0 aromatic rings. The number of nitrogens with one attached hydrogen (secondary N) is 1. The lowest BCUT2D eigenvalue weighted by molar-refractivity contribution is -0.141. The zero-order valence-corrected chi connectivity index (χ0v) is 7.10. The maximum Gasteiger partial charge on any atom is 0.325 e. The zero-order chi connectivity index (χ0) is 8.85. The van der Waals surface area contributed by atoms with Gasteiger partial charge in [0.05, 0.1) is 0 Å². The van der Waals surface area contributed by atoms with Crippen LogP contribution in [0.1, 0.15) is 14.8 Å². The molecular weight excluding hydrogens is 166 g/mol. The summed E-state index contributed by atoms with van der Waals surface area (Å²) in [7, 11) is 0. The number of carboxylic acids is 1. The van der Waals surface area contributed by atoms with Gasteiger partial charge in [-0.15, -0.1) is 0 Å². The predicted molar refractivity (Wildman–Crippen MR) is 45.8 cm³/mol. The fourth-order valence-electron chi connectivity index (χ4n) is 0.477. The second-order valence-corrected chi connectivity index (χ2v) is 2.55. The molecule has 0 spiro atoms. The number of carboxylic acid groups (broad SMARTS) is 1. The number of rotatable bonds is 4. The minimum absolute atomic E-state index is 0. The minimum atomic E-state index is -1.03. The molecule has 0 aliphatic rings. The first-order valence-electron chi connectivity index (χ1n) is 3.21. The van der Waals surface area contributed by atoms with E-state index in [0.717, 1.165) is 0 Å². The number of hydrogen-bond acceptors (Lipinski definition) is 3. The van der Waals surface area contributed by atoms with Crippen LogP contribution in [0.15, 0.2) is 0 Å². The van der Waals surface area contributed by atoms with Crippen LogP contribution in [0.25, 0.3) is 0 Å². The van der Waals surface area contributed by atoms with Gasteiger partial charge in [0.25, 0.3) is 0 Å². The first-order valence-corrected chi connectivity index (χ1v) is 3.84. The standard InChI is InChI=1S/C6H11NO3S.H2/c1-4(6(9)10)7-5(8)2-3-11;/h4,11H,2-3H2,1H3,(H,7,8)(H,9,10);1H/t4-;/m0./s1. The molecule has 4 nitrogen and oxygen atoms in total. The highest BCUT2D eigenvalue weighted by molar-refractivity contribution is 7.80. The van der Waals surface area contributed by atoms with Gasteiger partial charge in [0, 0.05) is 7.85 Å². The summed E-state index contributed by atoms with van der Waals surface area (Å²) in [6, 6.07) is -0.817. The molecule has 0 heterocycles. The van der Waals surface area contributed by atoms with Crippen molar-refractivity contribution in [3.8, 4) is 0 Å². The number of carbonyl (C=O) groups excluding carboxylic acids is 1. The third-order valence-electron chi connectivity index (χ3n) is 1.09. The highest BCUT2D eigenvalue weighted by atomic mass is 32.1. The fraction of sp³-hybridized carbons (Fsp3) is 0.667. The first-order chi connectivity index (χ1) is 5.07. The molecule has 0 saturated carbocycles. The quantitative estimate of drug-likeness (QED) is 0.538. The van der Waals surface area contributed by atoms with Gasteiger partial charge < -0.3 is 10.4 Å². The summed E-state index contributed by atoms with van der Waals surface area (Å²) in [6.45, 7) is 1.42. The lowest BCUT2D eigenvalue weighted by Gasteiger charge is -2.07. The average molecular weight is 179 g/mol.